The van der Waals surface area contributed by atoms with Gasteiger partial charge in [0.2, 0.25) is 0 Å². The van der Waals surface area contributed by atoms with Crippen molar-refractivity contribution in [3.63, 3.8) is 0 Å². The maximum absolute atomic E-state index is 10.6. The summed E-state index contributed by atoms with van der Waals surface area (Å²) < 4.78 is 5.29. The van der Waals surface area contributed by atoms with Crippen LogP contribution in [-0.4, -0.2) is 43.8 Å². The SMILES string of the molecule is O=Cc1cc(N2CCOCC2CO)cs1. The Bertz CT molecular complexity index is 339. The molecule has 1 aliphatic rings. The van der Waals surface area contributed by atoms with Crippen LogP contribution in [-0.2, 0) is 4.74 Å². The van der Waals surface area contributed by atoms with E-state index in [2.05, 4.69) is 4.90 Å². The van der Waals surface area contributed by atoms with Crippen LogP contribution in [0.3, 0.4) is 0 Å². The topological polar surface area (TPSA) is 49.8 Å². The second kappa shape index (κ2) is 4.74. The lowest BCUT2D eigenvalue weighted by Gasteiger charge is -2.35. The van der Waals surface area contributed by atoms with E-state index in [1.807, 2.05) is 11.4 Å². The number of aldehydes is 1. The van der Waals surface area contributed by atoms with E-state index in [1.165, 1.54) is 11.3 Å². The minimum atomic E-state index is 0.00727. The van der Waals surface area contributed by atoms with Gasteiger partial charge in [-0.1, -0.05) is 0 Å². The van der Waals surface area contributed by atoms with Crippen LogP contribution < -0.4 is 4.90 Å². The van der Waals surface area contributed by atoms with Crippen molar-refractivity contribution in [3.8, 4) is 0 Å². The maximum atomic E-state index is 10.6. The van der Waals surface area contributed by atoms with Crippen molar-refractivity contribution in [2.24, 2.45) is 0 Å². The van der Waals surface area contributed by atoms with Gasteiger partial charge in [0.05, 0.1) is 30.7 Å². The smallest absolute Gasteiger partial charge is 0.160 e. The molecule has 0 aromatic carbocycles. The first kappa shape index (κ1) is 10.6. The molecule has 0 saturated carbocycles. The van der Waals surface area contributed by atoms with Gasteiger partial charge < -0.3 is 14.7 Å². The number of carbonyl (C=O) groups excluding carboxylic acids is 1. The summed E-state index contributed by atoms with van der Waals surface area (Å²) >= 11 is 1.42. The van der Waals surface area contributed by atoms with Gasteiger partial charge in [-0.3, -0.25) is 4.79 Å². The Hall–Kier alpha value is -0.910. The molecule has 4 nitrogen and oxygen atoms in total. The van der Waals surface area contributed by atoms with Crippen LogP contribution in [0, 0.1) is 0 Å². The first-order valence-electron chi connectivity index (χ1n) is 4.84. The third-order valence-corrected chi connectivity index (χ3v) is 3.34. The molecule has 15 heavy (non-hydrogen) atoms. The normalized spacial score (nSPS) is 21.7. The molecule has 2 heterocycles. The first-order valence-corrected chi connectivity index (χ1v) is 5.72. The Kier molecular flexibility index (Phi) is 3.35. The van der Waals surface area contributed by atoms with E-state index in [1.54, 1.807) is 0 Å². The fraction of sp³-hybridized carbons (Fsp3) is 0.500. The number of nitrogens with zero attached hydrogens (tertiary/aromatic N) is 1. The number of rotatable bonds is 3. The highest BCUT2D eigenvalue weighted by Gasteiger charge is 2.23. The molecule has 1 N–H and O–H groups in total. The van der Waals surface area contributed by atoms with Crippen molar-refractivity contribution < 1.29 is 14.6 Å². The summed E-state index contributed by atoms with van der Waals surface area (Å²) in [7, 11) is 0. The highest BCUT2D eigenvalue weighted by Crippen LogP contribution is 2.25. The molecule has 0 amide bonds. The van der Waals surface area contributed by atoms with Gasteiger partial charge in [0.15, 0.2) is 6.29 Å². The molecule has 0 spiro atoms. The largest absolute Gasteiger partial charge is 0.394 e. The van der Waals surface area contributed by atoms with E-state index in [0.717, 1.165) is 18.5 Å². The van der Waals surface area contributed by atoms with Crippen molar-refractivity contribution in [1.29, 1.82) is 0 Å². The van der Waals surface area contributed by atoms with Gasteiger partial charge >= 0.3 is 0 Å². The van der Waals surface area contributed by atoms with Gasteiger partial charge in [-0.25, -0.2) is 0 Å². The number of morpholine rings is 1. The van der Waals surface area contributed by atoms with Crippen LogP contribution >= 0.6 is 11.3 Å². The molecule has 0 radical (unpaired) electrons. The molecule has 1 aromatic heterocycles. The predicted octanol–water partition coefficient (Wildman–Crippen LogP) is 0.758. The summed E-state index contributed by atoms with van der Waals surface area (Å²) in [6.45, 7) is 2.05. The highest BCUT2D eigenvalue weighted by atomic mass is 32.1. The first-order chi connectivity index (χ1) is 7.35. The van der Waals surface area contributed by atoms with Crippen LogP contribution in [0.4, 0.5) is 5.69 Å². The lowest BCUT2D eigenvalue weighted by molar-refractivity contribution is 0.0727. The van der Waals surface area contributed by atoms with Gasteiger partial charge in [-0.05, 0) is 6.07 Å². The minimum Gasteiger partial charge on any atom is -0.394 e. The molecule has 0 aliphatic carbocycles. The number of ether oxygens (including phenoxy) is 1. The molecule has 1 saturated heterocycles. The molecule has 1 aliphatic heterocycles. The number of anilines is 1. The van der Waals surface area contributed by atoms with E-state index in [0.29, 0.717) is 18.1 Å². The van der Waals surface area contributed by atoms with Crippen LogP contribution in [0.25, 0.3) is 0 Å². The number of carbonyl (C=O) groups is 1. The van der Waals surface area contributed by atoms with Crippen LogP contribution in [0.5, 0.6) is 0 Å². The molecule has 2 rings (SSSR count). The average molecular weight is 227 g/mol. The zero-order valence-corrected chi connectivity index (χ0v) is 9.07. The summed E-state index contributed by atoms with van der Waals surface area (Å²) in [4.78, 5) is 13.4. The Morgan fingerprint density at radius 1 is 1.73 bits per heavy atom. The Labute approximate surface area is 92.1 Å². The minimum absolute atomic E-state index is 0.00727. The number of hydrogen-bond acceptors (Lipinski definition) is 5. The van der Waals surface area contributed by atoms with Crippen LogP contribution in [0.1, 0.15) is 9.67 Å². The monoisotopic (exact) mass is 227 g/mol. The van der Waals surface area contributed by atoms with Gasteiger partial charge in [0.25, 0.3) is 0 Å². The molecule has 82 valence electrons. The molecular formula is C10H13NO3S. The van der Waals surface area contributed by atoms with Crippen molar-refractivity contribution >= 4 is 23.3 Å². The summed E-state index contributed by atoms with van der Waals surface area (Å²) in [6, 6.07) is 1.86. The third kappa shape index (κ3) is 2.19. The molecule has 1 aromatic rings. The second-order valence-electron chi connectivity index (χ2n) is 3.43. The maximum Gasteiger partial charge on any atom is 0.160 e. The van der Waals surface area contributed by atoms with Gasteiger partial charge in [0, 0.05) is 17.6 Å². The third-order valence-electron chi connectivity index (χ3n) is 2.49. The van der Waals surface area contributed by atoms with Crippen molar-refractivity contribution in [2.45, 2.75) is 6.04 Å². The number of hydrogen-bond donors (Lipinski definition) is 1. The van der Waals surface area contributed by atoms with E-state index in [4.69, 9.17) is 4.74 Å². The van der Waals surface area contributed by atoms with Gasteiger partial charge in [-0.2, -0.15) is 0 Å². The molecule has 5 heteroatoms. The lowest BCUT2D eigenvalue weighted by atomic mass is 10.2. The quantitative estimate of drug-likeness (QED) is 0.774. The second-order valence-corrected chi connectivity index (χ2v) is 4.37. The number of aliphatic hydroxyl groups is 1. The number of aliphatic hydroxyl groups excluding tert-OH is 1. The molecule has 1 fully saturated rings. The standard InChI is InChI=1S/C10H13NO3S/c12-4-9-6-14-2-1-11(9)8-3-10(5-13)15-7-8/h3,5,7,9,12H,1-2,4,6H2. The Morgan fingerprint density at radius 2 is 2.60 bits per heavy atom. The molecule has 1 unspecified atom stereocenters. The fourth-order valence-corrected chi connectivity index (χ4v) is 2.41. The summed E-state index contributed by atoms with van der Waals surface area (Å²) in [6.07, 6.45) is 0.850. The van der Waals surface area contributed by atoms with Crippen molar-refractivity contribution in [2.75, 3.05) is 31.3 Å². The zero-order chi connectivity index (χ0) is 10.7. The summed E-state index contributed by atoms with van der Waals surface area (Å²) in [5.74, 6) is 0. The van der Waals surface area contributed by atoms with Crippen molar-refractivity contribution in [1.82, 2.24) is 0 Å². The van der Waals surface area contributed by atoms with Crippen LogP contribution in [0.2, 0.25) is 0 Å². The molecule has 0 bridgehead atoms. The zero-order valence-electron chi connectivity index (χ0n) is 8.26. The predicted molar refractivity (Wildman–Crippen MR) is 58.7 cm³/mol. The van der Waals surface area contributed by atoms with Crippen LogP contribution in [0.15, 0.2) is 11.4 Å². The van der Waals surface area contributed by atoms with E-state index in [9.17, 15) is 9.90 Å². The average Bonchev–Trinajstić information content (AvgIpc) is 2.77. The van der Waals surface area contributed by atoms with E-state index in [-0.39, 0.29) is 12.6 Å². The Morgan fingerprint density at radius 3 is 3.27 bits per heavy atom. The highest BCUT2D eigenvalue weighted by molar-refractivity contribution is 7.12. The van der Waals surface area contributed by atoms with E-state index < -0.39 is 0 Å². The number of thiophene rings is 1. The van der Waals surface area contributed by atoms with Gasteiger partial charge in [-0.15, -0.1) is 11.3 Å². The van der Waals surface area contributed by atoms with E-state index >= 15 is 0 Å². The molecule has 1 atom stereocenters. The fourth-order valence-electron chi connectivity index (χ4n) is 1.70. The summed E-state index contributed by atoms with van der Waals surface area (Å²) in [5.41, 5.74) is 1.00. The molecular weight excluding hydrogens is 214 g/mol. The van der Waals surface area contributed by atoms with Gasteiger partial charge in [0.1, 0.15) is 0 Å². The Balaban J connectivity index is 2.16. The lowest BCUT2D eigenvalue weighted by Crippen LogP contribution is -2.47. The van der Waals surface area contributed by atoms with Crippen molar-refractivity contribution in [3.05, 3.63) is 16.3 Å². The summed E-state index contributed by atoms with van der Waals surface area (Å²) in [5, 5.41) is 11.1.